The van der Waals surface area contributed by atoms with Gasteiger partial charge in [-0.3, -0.25) is 14.9 Å². The van der Waals surface area contributed by atoms with Crippen LogP contribution in [0.15, 0.2) is 12.3 Å². The normalized spacial score (nSPS) is 21.0. The molecule has 2 aliphatic rings. The fourth-order valence-corrected chi connectivity index (χ4v) is 4.08. The zero-order chi connectivity index (χ0) is 23.8. The molecule has 32 heavy (non-hydrogen) atoms. The van der Waals surface area contributed by atoms with Crippen molar-refractivity contribution >= 4 is 17.4 Å². The summed E-state index contributed by atoms with van der Waals surface area (Å²) in [6.45, 7) is 4.45. The molecule has 1 aliphatic carbocycles. The van der Waals surface area contributed by atoms with Crippen molar-refractivity contribution < 1.29 is 36.3 Å². The SMILES string of the molecule is CC(C)(C)OC(=O)C1Cn2cc(C(=O)NCC(F)F)c3c2C(=CCC3CC(F)(F)F)CN1. The van der Waals surface area contributed by atoms with Crippen LogP contribution < -0.4 is 10.6 Å². The molecule has 0 saturated carbocycles. The second-order valence-electron chi connectivity index (χ2n) is 9.01. The van der Waals surface area contributed by atoms with Gasteiger partial charge < -0.3 is 14.6 Å². The van der Waals surface area contributed by atoms with Crippen molar-refractivity contribution in [3.05, 3.63) is 29.1 Å². The maximum Gasteiger partial charge on any atom is 0.389 e. The van der Waals surface area contributed by atoms with Gasteiger partial charge in [0.25, 0.3) is 12.3 Å². The number of carbonyl (C=O) groups is 2. The maximum atomic E-state index is 13.2. The third-order valence-corrected chi connectivity index (χ3v) is 5.23. The van der Waals surface area contributed by atoms with Crippen LogP contribution in [0.25, 0.3) is 5.57 Å². The van der Waals surface area contributed by atoms with E-state index in [4.69, 9.17) is 4.74 Å². The highest BCUT2D eigenvalue weighted by atomic mass is 19.4. The van der Waals surface area contributed by atoms with Gasteiger partial charge in [-0.05, 0) is 44.2 Å². The molecule has 0 fully saturated rings. The van der Waals surface area contributed by atoms with Gasteiger partial charge in [-0.1, -0.05) is 6.08 Å². The Kier molecular flexibility index (Phi) is 6.69. The number of hydrogen-bond donors (Lipinski definition) is 2. The summed E-state index contributed by atoms with van der Waals surface area (Å²) in [6, 6.07) is -0.796. The molecule has 1 aromatic heterocycles. The molecule has 0 bridgehead atoms. The lowest BCUT2D eigenvalue weighted by Gasteiger charge is -2.25. The van der Waals surface area contributed by atoms with Crippen molar-refractivity contribution in [2.45, 2.75) is 70.3 Å². The van der Waals surface area contributed by atoms with Crippen LogP contribution in [-0.4, -0.2) is 53.8 Å². The summed E-state index contributed by atoms with van der Waals surface area (Å²) in [5, 5.41) is 5.14. The number of alkyl halides is 5. The van der Waals surface area contributed by atoms with Crippen molar-refractivity contribution in [1.29, 1.82) is 0 Å². The van der Waals surface area contributed by atoms with E-state index >= 15 is 0 Å². The van der Waals surface area contributed by atoms with E-state index in [0.717, 1.165) is 0 Å². The van der Waals surface area contributed by atoms with Gasteiger partial charge in [0.1, 0.15) is 11.6 Å². The molecular weight excluding hydrogens is 437 g/mol. The molecule has 2 heterocycles. The van der Waals surface area contributed by atoms with Crippen LogP contribution in [0.5, 0.6) is 0 Å². The van der Waals surface area contributed by atoms with Crippen molar-refractivity contribution in [2.75, 3.05) is 13.1 Å². The van der Waals surface area contributed by atoms with Gasteiger partial charge in [-0.15, -0.1) is 0 Å². The summed E-state index contributed by atoms with van der Waals surface area (Å²) in [6.07, 6.45) is -5.35. The molecule has 0 spiro atoms. The maximum absolute atomic E-state index is 13.2. The Bertz CT molecular complexity index is 915. The van der Waals surface area contributed by atoms with E-state index in [-0.39, 0.29) is 30.6 Å². The number of nitrogens with one attached hydrogen (secondary N) is 2. The lowest BCUT2D eigenvalue weighted by Crippen LogP contribution is -2.43. The molecule has 2 unspecified atom stereocenters. The zero-order valence-electron chi connectivity index (χ0n) is 18.0. The number of carbonyl (C=O) groups excluding carboxylic acids is 2. The third kappa shape index (κ3) is 5.67. The average molecular weight is 463 g/mol. The summed E-state index contributed by atoms with van der Waals surface area (Å²) in [7, 11) is 0. The van der Waals surface area contributed by atoms with Gasteiger partial charge >= 0.3 is 12.1 Å². The Labute approximate surface area is 182 Å². The number of esters is 1. The summed E-state index contributed by atoms with van der Waals surface area (Å²) in [5.41, 5.74) is 0.438. The fourth-order valence-electron chi connectivity index (χ4n) is 4.08. The van der Waals surface area contributed by atoms with Crippen molar-refractivity contribution in [3.8, 4) is 0 Å². The Morgan fingerprint density at radius 1 is 1.28 bits per heavy atom. The quantitative estimate of drug-likeness (QED) is 0.517. The van der Waals surface area contributed by atoms with Crippen molar-refractivity contribution in [3.63, 3.8) is 0 Å². The summed E-state index contributed by atoms with van der Waals surface area (Å²) >= 11 is 0. The smallest absolute Gasteiger partial charge is 0.389 e. The molecule has 0 aromatic carbocycles. The van der Waals surface area contributed by atoms with E-state index in [9.17, 15) is 31.5 Å². The number of amides is 1. The summed E-state index contributed by atoms with van der Waals surface area (Å²) in [5.74, 6) is -2.42. The molecule has 0 radical (unpaired) electrons. The van der Waals surface area contributed by atoms with Gasteiger partial charge in [0, 0.05) is 25.0 Å². The van der Waals surface area contributed by atoms with Crippen LogP contribution in [0.1, 0.15) is 61.1 Å². The van der Waals surface area contributed by atoms with E-state index in [1.807, 2.05) is 0 Å². The predicted octanol–water partition coefficient (Wildman–Crippen LogP) is 3.62. The molecule has 1 amide bonds. The first-order valence-corrected chi connectivity index (χ1v) is 10.3. The van der Waals surface area contributed by atoms with Crippen LogP contribution >= 0.6 is 0 Å². The van der Waals surface area contributed by atoms with Crippen LogP contribution in [0, 0.1) is 0 Å². The Hall–Kier alpha value is -2.43. The molecular formula is C21H26F5N3O3. The minimum Gasteiger partial charge on any atom is -0.459 e. The lowest BCUT2D eigenvalue weighted by molar-refractivity contribution is -0.157. The highest BCUT2D eigenvalue weighted by molar-refractivity contribution is 5.98. The topological polar surface area (TPSA) is 72.4 Å². The number of hydrogen-bond acceptors (Lipinski definition) is 4. The van der Waals surface area contributed by atoms with Gasteiger partial charge in [0.15, 0.2) is 0 Å². The van der Waals surface area contributed by atoms with Crippen molar-refractivity contribution in [1.82, 2.24) is 15.2 Å². The van der Waals surface area contributed by atoms with Gasteiger partial charge in [0.05, 0.1) is 18.5 Å². The molecule has 0 saturated heterocycles. The molecule has 11 heteroatoms. The number of aromatic nitrogens is 1. The third-order valence-electron chi connectivity index (χ3n) is 5.23. The molecule has 6 nitrogen and oxygen atoms in total. The minimum atomic E-state index is -4.47. The van der Waals surface area contributed by atoms with E-state index in [1.54, 1.807) is 31.4 Å². The Balaban J connectivity index is 2.01. The van der Waals surface area contributed by atoms with Crippen LogP contribution in [0.2, 0.25) is 0 Å². The van der Waals surface area contributed by atoms with E-state index < -0.39 is 55.0 Å². The number of nitrogens with zero attached hydrogens (tertiary/aromatic N) is 1. The van der Waals surface area contributed by atoms with E-state index in [0.29, 0.717) is 11.3 Å². The minimum absolute atomic E-state index is 0.0233. The van der Waals surface area contributed by atoms with Crippen LogP contribution in [-0.2, 0) is 16.1 Å². The van der Waals surface area contributed by atoms with Crippen LogP contribution in [0.3, 0.4) is 0 Å². The zero-order valence-corrected chi connectivity index (χ0v) is 18.0. The first-order valence-electron chi connectivity index (χ1n) is 10.3. The molecule has 178 valence electrons. The van der Waals surface area contributed by atoms with Gasteiger partial charge in [-0.2, -0.15) is 13.2 Å². The number of rotatable bonds is 5. The molecule has 2 N–H and O–H groups in total. The Morgan fingerprint density at radius 3 is 2.56 bits per heavy atom. The molecule has 2 atom stereocenters. The highest BCUT2D eigenvalue weighted by Crippen LogP contribution is 2.44. The first-order chi connectivity index (χ1) is 14.7. The van der Waals surface area contributed by atoms with E-state index in [2.05, 4.69) is 10.6 Å². The number of halogens is 5. The molecule has 3 rings (SSSR count). The largest absolute Gasteiger partial charge is 0.459 e. The number of ether oxygens (including phenoxy) is 1. The fraction of sp³-hybridized carbons (Fsp3) is 0.619. The Morgan fingerprint density at radius 2 is 1.97 bits per heavy atom. The van der Waals surface area contributed by atoms with Crippen LogP contribution in [0.4, 0.5) is 22.0 Å². The lowest BCUT2D eigenvalue weighted by atomic mass is 9.82. The highest BCUT2D eigenvalue weighted by Gasteiger charge is 2.40. The summed E-state index contributed by atoms with van der Waals surface area (Å²) in [4.78, 5) is 25.2. The molecule has 1 aromatic rings. The second-order valence-corrected chi connectivity index (χ2v) is 9.01. The van der Waals surface area contributed by atoms with Gasteiger partial charge in [0.2, 0.25) is 0 Å². The average Bonchev–Trinajstić information content (AvgIpc) is 2.91. The predicted molar refractivity (Wildman–Crippen MR) is 106 cm³/mol. The molecule has 1 aliphatic heterocycles. The van der Waals surface area contributed by atoms with Crippen molar-refractivity contribution in [2.24, 2.45) is 0 Å². The number of allylic oxidation sites excluding steroid dienone is 1. The summed E-state index contributed by atoms with van der Waals surface area (Å²) < 4.78 is 71.8. The second kappa shape index (κ2) is 8.84. The monoisotopic (exact) mass is 463 g/mol. The van der Waals surface area contributed by atoms with E-state index in [1.165, 1.54) is 6.20 Å². The first kappa shape index (κ1) is 24.2. The standard InChI is InChI=1S/C21H26F5N3O3/c1-20(2,3)32-19(31)14-10-29-9-13(18(30)28-8-15(22)23)16-11(6-21(24,25)26)4-5-12(7-27-14)17(16)29/h5,9,11,14-15,27H,4,6-8,10H2,1-3H3,(H,28,30). The van der Waals surface area contributed by atoms with Gasteiger partial charge in [-0.25, -0.2) is 8.78 Å².